The first-order valence-corrected chi connectivity index (χ1v) is 6.28. The molecule has 2 rings (SSSR count). The summed E-state index contributed by atoms with van der Waals surface area (Å²) in [5, 5.41) is 15.9. The normalized spacial score (nSPS) is 18.9. The molecule has 1 aromatic carbocycles. The van der Waals surface area contributed by atoms with Gasteiger partial charge in [0.05, 0.1) is 11.3 Å². The highest BCUT2D eigenvalue weighted by Crippen LogP contribution is 2.20. The molecule has 2 N–H and O–H groups in total. The second-order valence-corrected chi connectivity index (χ2v) is 4.62. The summed E-state index contributed by atoms with van der Waals surface area (Å²) >= 11 is 0. The van der Waals surface area contributed by atoms with E-state index in [1.54, 1.807) is 0 Å². The molecule has 1 aromatic rings. The Hall–Kier alpha value is -1.53. The number of rotatable bonds is 4. The lowest BCUT2D eigenvalue weighted by Crippen LogP contribution is -2.24. The Bertz CT molecular complexity index is 414. The number of nitrogens with zero attached hydrogens (tertiary/aromatic N) is 1. The molecule has 0 spiro atoms. The predicted octanol–water partition coefficient (Wildman–Crippen LogP) is 2.42. The molecule has 1 atom stereocenters. The fraction of sp³-hybridized carbons (Fsp3) is 0.500. The number of para-hydroxylation sites is 1. The van der Waals surface area contributed by atoms with Crippen molar-refractivity contribution in [3.8, 4) is 6.07 Å². The molecule has 0 amide bonds. The third-order valence-corrected chi connectivity index (χ3v) is 3.35. The molecular formula is C14H19N3. The van der Waals surface area contributed by atoms with Gasteiger partial charge in [-0.1, -0.05) is 12.1 Å². The van der Waals surface area contributed by atoms with Gasteiger partial charge in [0.25, 0.3) is 0 Å². The third-order valence-electron chi connectivity index (χ3n) is 3.35. The summed E-state index contributed by atoms with van der Waals surface area (Å²) in [4.78, 5) is 0. The fourth-order valence-corrected chi connectivity index (χ4v) is 2.37. The van der Waals surface area contributed by atoms with Crippen molar-refractivity contribution in [2.24, 2.45) is 0 Å². The van der Waals surface area contributed by atoms with E-state index in [4.69, 9.17) is 5.26 Å². The first-order valence-electron chi connectivity index (χ1n) is 6.28. The summed E-state index contributed by atoms with van der Waals surface area (Å²) in [5.74, 6) is 0. The van der Waals surface area contributed by atoms with Crippen LogP contribution in [0.1, 0.15) is 30.4 Å². The van der Waals surface area contributed by atoms with E-state index >= 15 is 0 Å². The van der Waals surface area contributed by atoms with Gasteiger partial charge in [-0.2, -0.15) is 5.26 Å². The Labute approximate surface area is 103 Å². The molecule has 1 heterocycles. The minimum Gasteiger partial charge on any atom is -0.384 e. The van der Waals surface area contributed by atoms with Gasteiger partial charge >= 0.3 is 0 Å². The minimum atomic E-state index is 0.650. The summed E-state index contributed by atoms with van der Waals surface area (Å²) < 4.78 is 0. The van der Waals surface area contributed by atoms with E-state index in [1.807, 2.05) is 25.1 Å². The van der Waals surface area contributed by atoms with Gasteiger partial charge in [0.15, 0.2) is 0 Å². The van der Waals surface area contributed by atoms with Crippen molar-refractivity contribution in [1.82, 2.24) is 5.32 Å². The topological polar surface area (TPSA) is 47.9 Å². The van der Waals surface area contributed by atoms with Crippen LogP contribution in [0.25, 0.3) is 0 Å². The second-order valence-electron chi connectivity index (χ2n) is 4.62. The average Bonchev–Trinajstić information content (AvgIpc) is 2.84. The number of hydrogen-bond acceptors (Lipinski definition) is 3. The molecule has 0 aliphatic carbocycles. The molecule has 1 aliphatic rings. The quantitative estimate of drug-likeness (QED) is 0.833. The van der Waals surface area contributed by atoms with E-state index in [1.165, 1.54) is 12.8 Å². The standard InChI is InChI=1S/C14H19N3/c1-11-4-2-5-12(10-15)14(11)17-9-7-13-6-3-8-16-13/h2,4-5,13,16-17H,3,6-9H2,1H3/t13-/m1/s1. The maximum absolute atomic E-state index is 9.05. The van der Waals surface area contributed by atoms with E-state index in [2.05, 4.69) is 16.7 Å². The highest BCUT2D eigenvalue weighted by Gasteiger charge is 2.13. The van der Waals surface area contributed by atoms with Crippen molar-refractivity contribution >= 4 is 5.69 Å². The largest absolute Gasteiger partial charge is 0.384 e. The Morgan fingerprint density at radius 2 is 2.41 bits per heavy atom. The number of benzene rings is 1. The first-order chi connectivity index (χ1) is 8.31. The van der Waals surface area contributed by atoms with Crippen LogP contribution in [-0.4, -0.2) is 19.1 Å². The monoisotopic (exact) mass is 229 g/mol. The fourth-order valence-electron chi connectivity index (χ4n) is 2.37. The molecule has 0 radical (unpaired) electrons. The van der Waals surface area contributed by atoms with Gasteiger partial charge in [-0.15, -0.1) is 0 Å². The molecular weight excluding hydrogens is 210 g/mol. The summed E-state index contributed by atoms with van der Waals surface area (Å²) in [6.07, 6.45) is 3.69. The molecule has 1 saturated heterocycles. The van der Waals surface area contributed by atoms with Gasteiger partial charge < -0.3 is 10.6 Å². The number of anilines is 1. The van der Waals surface area contributed by atoms with Crippen LogP contribution < -0.4 is 10.6 Å². The van der Waals surface area contributed by atoms with Crippen LogP contribution in [0.15, 0.2) is 18.2 Å². The van der Waals surface area contributed by atoms with Crippen LogP contribution in [0.4, 0.5) is 5.69 Å². The number of nitrogens with one attached hydrogen (secondary N) is 2. The zero-order valence-electron chi connectivity index (χ0n) is 10.3. The summed E-state index contributed by atoms with van der Waals surface area (Å²) in [5.41, 5.74) is 2.88. The molecule has 90 valence electrons. The molecule has 0 aromatic heterocycles. The van der Waals surface area contributed by atoms with E-state index in [-0.39, 0.29) is 0 Å². The lowest BCUT2D eigenvalue weighted by molar-refractivity contribution is 0.574. The molecule has 0 bridgehead atoms. The van der Waals surface area contributed by atoms with Gasteiger partial charge in [-0.25, -0.2) is 0 Å². The Balaban J connectivity index is 1.92. The van der Waals surface area contributed by atoms with E-state index < -0.39 is 0 Å². The number of aryl methyl sites for hydroxylation is 1. The Morgan fingerprint density at radius 3 is 3.12 bits per heavy atom. The minimum absolute atomic E-state index is 0.650. The summed E-state index contributed by atoms with van der Waals surface area (Å²) in [6.45, 7) is 4.12. The smallest absolute Gasteiger partial charge is 0.101 e. The van der Waals surface area contributed by atoms with E-state index in [9.17, 15) is 0 Å². The van der Waals surface area contributed by atoms with Crippen LogP contribution in [0.3, 0.4) is 0 Å². The van der Waals surface area contributed by atoms with Crippen LogP contribution in [0, 0.1) is 18.3 Å². The third kappa shape index (κ3) is 2.98. The Morgan fingerprint density at radius 1 is 1.53 bits per heavy atom. The molecule has 1 aliphatic heterocycles. The van der Waals surface area contributed by atoms with Crippen molar-refractivity contribution < 1.29 is 0 Å². The SMILES string of the molecule is Cc1cccc(C#N)c1NCC[C@H]1CCCN1. The highest BCUT2D eigenvalue weighted by molar-refractivity contribution is 5.62. The predicted molar refractivity (Wildman–Crippen MR) is 70.0 cm³/mol. The van der Waals surface area contributed by atoms with Crippen LogP contribution in [-0.2, 0) is 0 Å². The zero-order chi connectivity index (χ0) is 12.1. The van der Waals surface area contributed by atoms with Crippen LogP contribution >= 0.6 is 0 Å². The van der Waals surface area contributed by atoms with Gasteiger partial charge in [-0.3, -0.25) is 0 Å². The van der Waals surface area contributed by atoms with Gasteiger partial charge in [-0.05, 0) is 44.4 Å². The number of nitriles is 1. The van der Waals surface area contributed by atoms with Crippen LogP contribution in [0.2, 0.25) is 0 Å². The van der Waals surface area contributed by atoms with Crippen molar-refractivity contribution in [3.05, 3.63) is 29.3 Å². The zero-order valence-corrected chi connectivity index (χ0v) is 10.3. The highest BCUT2D eigenvalue weighted by atomic mass is 15.0. The summed E-state index contributed by atoms with van der Waals surface area (Å²) in [6, 6.07) is 8.72. The molecule has 1 fully saturated rings. The molecule has 3 heteroatoms. The molecule has 3 nitrogen and oxygen atoms in total. The Kier molecular flexibility index (Phi) is 4.00. The lowest BCUT2D eigenvalue weighted by atomic mass is 10.1. The summed E-state index contributed by atoms with van der Waals surface area (Å²) in [7, 11) is 0. The lowest BCUT2D eigenvalue weighted by Gasteiger charge is -2.14. The van der Waals surface area contributed by atoms with Crippen molar-refractivity contribution in [1.29, 1.82) is 5.26 Å². The molecule has 17 heavy (non-hydrogen) atoms. The maximum atomic E-state index is 9.05. The van der Waals surface area contributed by atoms with Crippen LogP contribution in [0.5, 0.6) is 0 Å². The maximum Gasteiger partial charge on any atom is 0.101 e. The van der Waals surface area contributed by atoms with Gasteiger partial charge in [0.1, 0.15) is 6.07 Å². The van der Waals surface area contributed by atoms with Crippen molar-refractivity contribution in [3.63, 3.8) is 0 Å². The van der Waals surface area contributed by atoms with E-state index in [0.29, 0.717) is 6.04 Å². The second kappa shape index (κ2) is 5.70. The van der Waals surface area contributed by atoms with Gasteiger partial charge in [0.2, 0.25) is 0 Å². The number of hydrogen-bond donors (Lipinski definition) is 2. The van der Waals surface area contributed by atoms with Crippen molar-refractivity contribution in [2.75, 3.05) is 18.4 Å². The van der Waals surface area contributed by atoms with Gasteiger partial charge in [0, 0.05) is 12.6 Å². The first kappa shape index (κ1) is 11.9. The average molecular weight is 229 g/mol. The molecule has 0 saturated carbocycles. The molecule has 0 unspecified atom stereocenters. The van der Waals surface area contributed by atoms with Crippen molar-refractivity contribution in [2.45, 2.75) is 32.2 Å². The van der Waals surface area contributed by atoms with E-state index in [0.717, 1.165) is 36.3 Å².